The first-order valence-electron chi connectivity index (χ1n) is 10.9. The van der Waals surface area contributed by atoms with Gasteiger partial charge in [-0.05, 0) is 43.4 Å². The van der Waals surface area contributed by atoms with Gasteiger partial charge in [-0.2, -0.15) is 0 Å². The standard InChI is InChI=1S/C23H33N3O5/c1-6-12-23(13-7-2)21(29)26(22(30)25-23)14-19(27)31-16(5)20(28)24-18-10-8-17(9-11-18)15(3)4/h8-11,15-16H,6-7,12-14H2,1-5H3,(H,24,28)(H,25,30)/t16-/m1/s1. The van der Waals surface area contributed by atoms with Gasteiger partial charge in [0.25, 0.3) is 11.8 Å². The molecule has 0 spiro atoms. The molecule has 1 aromatic carbocycles. The van der Waals surface area contributed by atoms with Gasteiger partial charge in [-0.1, -0.05) is 52.7 Å². The van der Waals surface area contributed by atoms with Crippen molar-refractivity contribution in [1.82, 2.24) is 10.2 Å². The van der Waals surface area contributed by atoms with Gasteiger partial charge >= 0.3 is 12.0 Å². The molecule has 2 N–H and O–H groups in total. The summed E-state index contributed by atoms with van der Waals surface area (Å²) in [6.07, 6.45) is 1.38. The highest BCUT2D eigenvalue weighted by Gasteiger charge is 2.50. The number of esters is 1. The van der Waals surface area contributed by atoms with E-state index in [1.165, 1.54) is 6.92 Å². The van der Waals surface area contributed by atoms with Gasteiger partial charge in [0.2, 0.25) is 0 Å². The highest BCUT2D eigenvalue weighted by Crippen LogP contribution is 2.28. The maximum atomic E-state index is 12.8. The Bertz CT molecular complexity index is 813. The number of carbonyl (C=O) groups is 4. The summed E-state index contributed by atoms with van der Waals surface area (Å²) < 4.78 is 5.17. The van der Waals surface area contributed by atoms with Gasteiger partial charge in [0, 0.05) is 5.69 Å². The van der Waals surface area contributed by atoms with Crippen LogP contribution in [0, 0.1) is 0 Å². The number of ether oxygens (including phenoxy) is 1. The van der Waals surface area contributed by atoms with Crippen LogP contribution in [-0.4, -0.2) is 46.9 Å². The summed E-state index contributed by atoms with van der Waals surface area (Å²) in [5, 5.41) is 5.44. The quantitative estimate of drug-likeness (QED) is 0.435. The van der Waals surface area contributed by atoms with E-state index in [0.29, 0.717) is 24.4 Å². The number of imide groups is 1. The van der Waals surface area contributed by atoms with Gasteiger partial charge in [-0.3, -0.25) is 19.3 Å². The van der Waals surface area contributed by atoms with E-state index in [9.17, 15) is 19.2 Å². The highest BCUT2D eigenvalue weighted by molar-refractivity contribution is 6.08. The summed E-state index contributed by atoms with van der Waals surface area (Å²) in [7, 11) is 0. The summed E-state index contributed by atoms with van der Waals surface area (Å²) in [6, 6.07) is 6.82. The Kier molecular flexibility index (Phi) is 8.19. The molecule has 1 aliphatic heterocycles. The fraction of sp³-hybridized carbons (Fsp3) is 0.565. The molecule has 0 saturated carbocycles. The smallest absolute Gasteiger partial charge is 0.327 e. The van der Waals surface area contributed by atoms with Crippen molar-refractivity contribution in [3.63, 3.8) is 0 Å². The predicted octanol–water partition coefficient (Wildman–Crippen LogP) is 3.57. The highest BCUT2D eigenvalue weighted by atomic mass is 16.5. The van der Waals surface area contributed by atoms with Crippen molar-refractivity contribution in [2.75, 3.05) is 11.9 Å². The molecule has 0 radical (unpaired) electrons. The van der Waals surface area contributed by atoms with Crippen LogP contribution in [0.15, 0.2) is 24.3 Å². The number of hydrogen-bond acceptors (Lipinski definition) is 5. The Balaban J connectivity index is 1.94. The second-order valence-corrected chi connectivity index (χ2v) is 8.30. The minimum atomic E-state index is -1.07. The largest absolute Gasteiger partial charge is 0.451 e. The third-order valence-electron chi connectivity index (χ3n) is 5.41. The molecule has 0 bridgehead atoms. The van der Waals surface area contributed by atoms with Gasteiger partial charge in [0.05, 0.1) is 0 Å². The number of rotatable bonds is 10. The van der Waals surface area contributed by atoms with Crippen LogP contribution in [0.5, 0.6) is 0 Å². The summed E-state index contributed by atoms with van der Waals surface area (Å²) in [5.41, 5.74) is 0.773. The van der Waals surface area contributed by atoms with Crippen LogP contribution in [0.1, 0.15) is 71.8 Å². The molecule has 8 heteroatoms. The molecule has 1 atom stereocenters. The number of urea groups is 1. The van der Waals surface area contributed by atoms with Crippen LogP contribution in [0.3, 0.4) is 0 Å². The van der Waals surface area contributed by atoms with Crippen LogP contribution < -0.4 is 10.6 Å². The SMILES string of the molecule is CCCC1(CCC)NC(=O)N(CC(=O)O[C@H](C)C(=O)Nc2ccc(C(C)C)cc2)C1=O. The first-order valence-corrected chi connectivity index (χ1v) is 10.9. The fourth-order valence-corrected chi connectivity index (χ4v) is 3.75. The Morgan fingerprint density at radius 3 is 2.16 bits per heavy atom. The molecule has 0 aromatic heterocycles. The van der Waals surface area contributed by atoms with Gasteiger partial charge in [0.1, 0.15) is 12.1 Å². The van der Waals surface area contributed by atoms with Gasteiger partial charge in [-0.25, -0.2) is 4.79 Å². The lowest BCUT2D eigenvalue weighted by Crippen LogP contribution is -2.47. The molecular weight excluding hydrogens is 398 g/mol. The minimum Gasteiger partial charge on any atom is -0.451 e. The number of nitrogens with one attached hydrogen (secondary N) is 2. The Morgan fingerprint density at radius 1 is 1.06 bits per heavy atom. The summed E-state index contributed by atoms with van der Waals surface area (Å²) in [6.45, 7) is 8.94. The van der Waals surface area contributed by atoms with Crippen LogP contribution in [0.2, 0.25) is 0 Å². The molecule has 8 nitrogen and oxygen atoms in total. The first kappa shape index (κ1) is 24.4. The second-order valence-electron chi connectivity index (χ2n) is 8.30. The van der Waals surface area contributed by atoms with Crippen molar-refractivity contribution in [2.45, 2.75) is 77.9 Å². The molecule has 0 aliphatic carbocycles. The van der Waals surface area contributed by atoms with Gasteiger partial charge < -0.3 is 15.4 Å². The zero-order valence-corrected chi connectivity index (χ0v) is 19.0. The topological polar surface area (TPSA) is 105 Å². The lowest BCUT2D eigenvalue weighted by molar-refractivity contribution is -0.155. The van der Waals surface area contributed by atoms with Crippen molar-refractivity contribution in [3.8, 4) is 0 Å². The van der Waals surface area contributed by atoms with Crippen molar-refractivity contribution in [1.29, 1.82) is 0 Å². The van der Waals surface area contributed by atoms with E-state index < -0.39 is 42.0 Å². The lowest BCUT2D eigenvalue weighted by atomic mass is 9.88. The van der Waals surface area contributed by atoms with E-state index in [4.69, 9.17) is 4.74 Å². The fourth-order valence-electron chi connectivity index (χ4n) is 3.75. The average molecular weight is 432 g/mol. The molecule has 170 valence electrons. The van der Waals surface area contributed by atoms with Crippen LogP contribution in [0.4, 0.5) is 10.5 Å². The molecule has 1 heterocycles. The molecule has 1 saturated heterocycles. The second kappa shape index (κ2) is 10.4. The van der Waals surface area contributed by atoms with E-state index in [1.54, 1.807) is 12.1 Å². The molecule has 0 unspecified atom stereocenters. The molecule has 2 rings (SSSR count). The lowest BCUT2D eigenvalue weighted by Gasteiger charge is -2.25. The average Bonchev–Trinajstić information content (AvgIpc) is 2.93. The Labute approximate surface area is 183 Å². The normalized spacial score (nSPS) is 16.3. The van der Waals surface area contributed by atoms with Gasteiger partial charge in [-0.15, -0.1) is 0 Å². The number of benzene rings is 1. The Hall–Kier alpha value is -2.90. The number of nitrogens with zero attached hydrogens (tertiary/aromatic N) is 1. The molecular formula is C23H33N3O5. The Morgan fingerprint density at radius 2 is 1.65 bits per heavy atom. The molecule has 31 heavy (non-hydrogen) atoms. The molecule has 4 amide bonds. The van der Waals surface area contributed by atoms with E-state index in [2.05, 4.69) is 24.5 Å². The molecule has 1 fully saturated rings. The van der Waals surface area contributed by atoms with E-state index in [-0.39, 0.29) is 0 Å². The van der Waals surface area contributed by atoms with Crippen molar-refractivity contribution in [2.24, 2.45) is 0 Å². The predicted molar refractivity (Wildman–Crippen MR) is 118 cm³/mol. The van der Waals surface area contributed by atoms with Crippen LogP contribution >= 0.6 is 0 Å². The van der Waals surface area contributed by atoms with Crippen molar-refractivity contribution >= 4 is 29.5 Å². The van der Waals surface area contributed by atoms with Crippen LogP contribution in [-0.2, 0) is 19.1 Å². The monoisotopic (exact) mass is 431 g/mol. The van der Waals surface area contributed by atoms with E-state index in [0.717, 1.165) is 23.3 Å². The number of anilines is 1. The summed E-state index contributed by atoms with van der Waals surface area (Å²) >= 11 is 0. The van der Waals surface area contributed by atoms with Crippen molar-refractivity contribution in [3.05, 3.63) is 29.8 Å². The minimum absolute atomic E-state index is 0.378. The van der Waals surface area contributed by atoms with Crippen LogP contribution in [0.25, 0.3) is 0 Å². The van der Waals surface area contributed by atoms with Gasteiger partial charge in [0.15, 0.2) is 6.10 Å². The first-order chi connectivity index (χ1) is 14.6. The third kappa shape index (κ3) is 5.83. The zero-order chi connectivity index (χ0) is 23.2. The maximum absolute atomic E-state index is 12.8. The zero-order valence-electron chi connectivity index (χ0n) is 19.0. The molecule has 1 aromatic rings. The van der Waals surface area contributed by atoms with Crippen molar-refractivity contribution < 1.29 is 23.9 Å². The summed E-state index contributed by atoms with van der Waals surface area (Å²) in [4.78, 5) is 50.7. The maximum Gasteiger partial charge on any atom is 0.327 e. The molecule has 1 aliphatic rings. The number of hydrogen-bond donors (Lipinski definition) is 2. The van der Waals surface area contributed by atoms with E-state index >= 15 is 0 Å². The number of carbonyl (C=O) groups excluding carboxylic acids is 4. The van der Waals surface area contributed by atoms with E-state index in [1.807, 2.05) is 26.0 Å². The third-order valence-corrected chi connectivity index (χ3v) is 5.41. The number of amides is 4. The summed E-state index contributed by atoms with van der Waals surface area (Å²) in [5.74, 6) is -1.34.